The van der Waals surface area contributed by atoms with Gasteiger partial charge in [-0.2, -0.15) is 5.10 Å². The van der Waals surface area contributed by atoms with Crippen molar-refractivity contribution in [3.63, 3.8) is 0 Å². The Labute approximate surface area is 93.1 Å². The summed E-state index contributed by atoms with van der Waals surface area (Å²) in [7, 11) is 0. The van der Waals surface area contributed by atoms with E-state index in [2.05, 4.69) is 5.10 Å². The van der Waals surface area contributed by atoms with E-state index in [1.165, 1.54) is 0 Å². The van der Waals surface area contributed by atoms with Gasteiger partial charge in [0.05, 0.1) is 17.3 Å². The maximum atomic E-state index is 10.9. The van der Waals surface area contributed by atoms with E-state index in [1.807, 2.05) is 30.3 Å². The van der Waals surface area contributed by atoms with Crippen molar-refractivity contribution in [2.75, 3.05) is 0 Å². The molecule has 1 aromatic heterocycles. The van der Waals surface area contributed by atoms with E-state index >= 15 is 0 Å². The zero-order chi connectivity index (χ0) is 11.5. The van der Waals surface area contributed by atoms with Gasteiger partial charge in [-0.1, -0.05) is 18.2 Å². The van der Waals surface area contributed by atoms with Crippen molar-refractivity contribution < 1.29 is 9.90 Å². The normalized spacial score (nSPS) is 12.3. The highest BCUT2D eigenvalue weighted by molar-refractivity contribution is 5.75. The van der Waals surface area contributed by atoms with Gasteiger partial charge in [0, 0.05) is 6.20 Å². The number of hydrogen-bond acceptors (Lipinski definition) is 2. The molecule has 0 spiro atoms. The zero-order valence-electron chi connectivity index (χ0n) is 8.87. The summed E-state index contributed by atoms with van der Waals surface area (Å²) in [5, 5.41) is 13.1. The minimum absolute atomic E-state index is 0.567. The lowest BCUT2D eigenvalue weighted by atomic mass is 10.1. The first-order valence-corrected chi connectivity index (χ1v) is 5.02. The first-order chi connectivity index (χ1) is 7.70. The third-order valence-corrected chi connectivity index (χ3v) is 2.49. The van der Waals surface area contributed by atoms with Crippen LogP contribution in [0.5, 0.6) is 0 Å². The summed E-state index contributed by atoms with van der Waals surface area (Å²) in [5.41, 5.74) is 1.55. The maximum absolute atomic E-state index is 10.9. The molecule has 16 heavy (non-hydrogen) atoms. The van der Waals surface area contributed by atoms with Crippen molar-refractivity contribution in [3.05, 3.63) is 48.3 Å². The Kier molecular flexibility index (Phi) is 2.72. The fraction of sp³-hybridized carbons (Fsp3) is 0.167. The van der Waals surface area contributed by atoms with Gasteiger partial charge in [0.2, 0.25) is 0 Å². The maximum Gasteiger partial charge on any atom is 0.312 e. The van der Waals surface area contributed by atoms with Gasteiger partial charge < -0.3 is 5.11 Å². The highest BCUT2D eigenvalue weighted by Crippen LogP contribution is 2.18. The SMILES string of the molecule is CC(C(=O)O)c1ccnn1-c1ccccc1. The molecule has 0 saturated carbocycles. The summed E-state index contributed by atoms with van der Waals surface area (Å²) in [6.07, 6.45) is 1.61. The number of aliphatic carboxylic acids is 1. The number of hydrogen-bond donors (Lipinski definition) is 1. The third-order valence-electron chi connectivity index (χ3n) is 2.49. The van der Waals surface area contributed by atoms with Crippen LogP contribution in [0.4, 0.5) is 0 Å². The van der Waals surface area contributed by atoms with Gasteiger partial charge >= 0.3 is 5.97 Å². The molecule has 0 aliphatic heterocycles. The molecular formula is C12H12N2O2. The number of carbonyl (C=O) groups is 1. The number of nitrogens with zero attached hydrogens (tertiary/aromatic N) is 2. The quantitative estimate of drug-likeness (QED) is 0.854. The molecule has 4 heteroatoms. The molecule has 1 N–H and O–H groups in total. The third kappa shape index (κ3) is 1.82. The number of carboxylic acid groups (broad SMARTS) is 1. The fourth-order valence-electron chi connectivity index (χ4n) is 1.55. The summed E-state index contributed by atoms with van der Waals surface area (Å²) in [6, 6.07) is 11.2. The Morgan fingerprint density at radius 3 is 2.62 bits per heavy atom. The average molecular weight is 216 g/mol. The molecule has 1 atom stereocenters. The Morgan fingerprint density at radius 1 is 1.31 bits per heavy atom. The summed E-state index contributed by atoms with van der Waals surface area (Å²) in [5.74, 6) is -1.42. The van der Waals surface area contributed by atoms with Crippen molar-refractivity contribution in [1.29, 1.82) is 0 Å². The van der Waals surface area contributed by atoms with Crippen LogP contribution in [0.3, 0.4) is 0 Å². The lowest BCUT2D eigenvalue weighted by Gasteiger charge is -2.10. The number of benzene rings is 1. The van der Waals surface area contributed by atoms with E-state index < -0.39 is 11.9 Å². The minimum Gasteiger partial charge on any atom is -0.481 e. The average Bonchev–Trinajstić information content (AvgIpc) is 2.77. The Bertz CT molecular complexity index is 491. The van der Waals surface area contributed by atoms with Crippen LogP contribution in [-0.2, 0) is 4.79 Å². The predicted octanol–water partition coefficient (Wildman–Crippen LogP) is 2.06. The second-order valence-corrected chi connectivity index (χ2v) is 3.56. The molecule has 1 aromatic carbocycles. The molecule has 1 heterocycles. The monoisotopic (exact) mass is 216 g/mol. The van der Waals surface area contributed by atoms with Gasteiger partial charge in [-0.3, -0.25) is 4.79 Å². The van der Waals surface area contributed by atoms with Gasteiger partial charge in [0.25, 0.3) is 0 Å². The molecule has 82 valence electrons. The van der Waals surface area contributed by atoms with E-state index in [9.17, 15) is 4.79 Å². The van der Waals surface area contributed by atoms with Gasteiger partial charge in [0.1, 0.15) is 0 Å². The van der Waals surface area contributed by atoms with Crippen molar-refractivity contribution in [3.8, 4) is 5.69 Å². The van der Waals surface area contributed by atoms with E-state index in [1.54, 1.807) is 23.9 Å². The number of para-hydroxylation sites is 1. The van der Waals surface area contributed by atoms with Crippen LogP contribution in [0, 0.1) is 0 Å². The minimum atomic E-state index is -0.849. The van der Waals surface area contributed by atoms with Crippen LogP contribution in [0.1, 0.15) is 18.5 Å². The van der Waals surface area contributed by atoms with Crippen molar-refractivity contribution in [2.45, 2.75) is 12.8 Å². The van der Waals surface area contributed by atoms with Crippen molar-refractivity contribution in [1.82, 2.24) is 9.78 Å². The van der Waals surface area contributed by atoms with Crippen LogP contribution < -0.4 is 0 Å². The zero-order valence-corrected chi connectivity index (χ0v) is 8.87. The Balaban J connectivity index is 2.44. The van der Waals surface area contributed by atoms with Gasteiger partial charge in [-0.05, 0) is 25.1 Å². The molecule has 1 unspecified atom stereocenters. The van der Waals surface area contributed by atoms with E-state index in [0.29, 0.717) is 5.69 Å². The first kappa shape index (κ1) is 10.4. The number of aromatic nitrogens is 2. The van der Waals surface area contributed by atoms with E-state index in [4.69, 9.17) is 5.11 Å². The molecule has 4 nitrogen and oxygen atoms in total. The van der Waals surface area contributed by atoms with Crippen molar-refractivity contribution >= 4 is 5.97 Å². The van der Waals surface area contributed by atoms with Crippen LogP contribution in [0.25, 0.3) is 5.69 Å². The molecule has 0 aliphatic carbocycles. The molecule has 0 bridgehead atoms. The van der Waals surface area contributed by atoms with Crippen molar-refractivity contribution in [2.24, 2.45) is 0 Å². The molecular weight excluding hydrogens is 204 g/mol. The van der Waals surface area contributed by atoms with Gasteiger partial charge in [-0.25, -0.2) is 4.68 Å². The van der Waals surface area contributed by atoms with Crippen LogP contribution in [0.2, 0.25) is 0 Å². The summed E-state index contributed by atoms with van der Waals surface area (Å²) in [4.78, 5) is 10.9. The largest absolute Gasteiger partial charge is 0.481 e. The Hall–Kier alpha value is -2.10. The lowest BCUT2D eigenvalue weighted by molar-refractivity contribution is -0.138. The van der Waals surface area contributed by atoms with E-state index in [-0.39, 0.29) is 0 Å². The van der Waals surface area contributed by atoms with Gasteiger partial charge in [-0.15, -0.1) is 0 Å². The standard InChI is InChI=1S/C12H12N2O2/c1-9(12(15)16)11-7-8-13-14(11)10-5-3-2-4-6-10/h2-9H,1H3,(H,15,16). The molecule has 0 fully saturated rings. The Morgan fingerprint density at radius 2 is 2.00 bits per heavy atom. The molecule has 0 saturated heterocycles. The van der Waals surface area contributed by atoms with Crippen LogP contribution >= 0.6 is 0 Å². The van der Waals surface area contributed by atoms with Crippen LogP contribution in [0.15, 0.2) is 42.6 Å². The molecule has 0 amide bonds. The highest BCUT2D eigenvalue weighted by atomic mass is 16.4. The second-order valence-electron chi connectivity index (χ2n) is 3.56. The predicted molar refractivity (Wildman–Crippen MR) is 59.6 cm³/mol. The summed E-state index contributed by atoms with van der Waals surface area (Å²) in [6.45, 7) is 1.65. The molecule has 0 aliphatic rings. The fourth-order valence-corrected chi connectivity index (χ4v) is 1.55. The topological polar surface area (TPSA) is 55.1 Å². The number of rotatable bonds is 3. The summed E-state index contributed by atoms with van der Waals surface area (Å²) >= 11 is 0. The summed E-state index contributed by atoms with van der Waals surface area (Å²) < 4.78 is 1.65. The van der Waals surface area contributed by atoms with Gasteiger partial charge in [0.15, 0.2) is 0 Å². The first-order valence-electron chi connectivity index (χ1n) is 5.02. The smallest absolute Gasteiger partial charge is 0.312 e. The highest BCUT2D eigenvalue weighted by Gasteiger charge is 2.18. The second kappa shape index (κ2) is 4.18. The molecule has 2 aromatic rings. The molecule has 0 radical (unpaired) electrons. The van der Waals surface area contributed by atoms with Crippen LogP contribution in [-0.4, -0.2) is 20.9 Å². The number of carboxylic acids is 1. The molecule has 2 rings (SSSR count). The lowest BCUT2D eigenvalue weighted by Crippen LogP contribution is -2.12. The van der Waals surface area contributed by atoms with E-state index in [0.717, 1.165) is 5.69 Å².